The van der Waals surface area contributed by atoms with E-state index in [4.69, 9.17) is 6.42 Å². The highest BCUT2D eigenvalue weighted by atomic mass is 19.1. The van der Waals surface area contributed by atoms with Gasteiger partial charge < -0.3 is 0 Å². The summed E-state index contributed by atoms with van der Waals surface area (Å²) in [5.41, 5.74) is 0.734. The van der Waals surface area contributed by atoms with Gasteiger partial charge in [0.25, 0.3) is 0 Å². The molecule has 0 saturated heterocycles. The van der Waals surface area contributed by atoms with E-state index in [-0.39, 0.29) is 11.5 Å². The van der Waals surface area contributed by atoms with Crippen LogP contribution in [-0.4, -0.2) is 6.67 Å². The van der Waals surface area contributed by atoms with Gasteiger partial charge in [0.05, 0.1) is 12.2 Å². The van der Waals surface area contributed by atoms with Crippen LogP contribution in [0.3, 0.4) is 0 Å². The van der Waals surface area contributed by atoms with Gasteiger partial charge in [-0.2, -0.15) is 0 Å². The molecule has 0 heterocycles. The molecule has 0 nitrogen and oxygen atoms in total. The molecule has 1 unspecified atom stereocenters. The summed E-state index contributed by atoms with van der Waals surface area (Å²) in [6.45, 7) is 1.15. The molecule has 1 atom stereocenters. The number of halogens is 2. The fourth-order valence-corrected chi connectivity index (χ4v) is 1.19. The lowest BCUT2D eigenvalue weighted by atomic mass is 9.97. The number of hydrogen-bond donors (Lipinski definition) is 0. The van der Waals surface area contributed by atoms with Gasteiger partial charge in [-0.25, -0.2) is 4.39 Å². The molecule has 0 aliphatic carbocycles. The maximum atomic E-state index is 13.1. The van der Waals surface area contributed by atoms with Crippen LogP contribution >= 0.6 is 0 Å². The zero-order valence-electron chi connectivity index (χ0n) is 7.35. The smallest absolute Gasteiger partial charge is 0.139 e. The summed E-state index contributed by atoms with van der Waals surface area (Å²) in [7, 11) is 0. The first-order valence-electron chi connectivity index (χ1n) is 4.01. The Morgan fingerprint density at radius 3 is 2.77 bits per heavy atom. The van der Waals surface area contributed by atoms with E-state index in [2.05, 4.69) is 5.92 Å². The van der Waals surface area contributed by atoms with Crippen molar-refractivity contribution >= 4 is 0 Å². The molecule has 0 aromatic heterocycles. The van der Waals surface area contributed by atoms with Crippen LogP contribution in [0.5, 0.6) is 0 Å². The molecule has 0 bridgehead atoms. The summed E-state index contributed by atoms with van der Waals surface area (Å²) in [6, 6.07) is 4.48. The van der Waals surface area contributed by atoms with Gasteiger partial charge in [-0.05, 0) is 11.6 Å². The maximum absolute atomic E-state index is 13.1. The SMILES string of the molecule is C#Cc1c(F)cccc1C(C)CF. The monoisotopic (exact) mass is 180 g/mol. The van der Waals surface area contributed by atoms with Crippen LogP contribution in [0.2, 0.25) is 0 Å². The molecule has 13 heavy (non-hydrogen) atoms. The normalized spacial score (nSPS) is 12.2. The Bertz CT molecular complexity index is 336. The number of alkyl halides is 1. The van der Waals surface area contributed by atoms with Gasteiger partial charge >= 0.3 is 0 Å². The second kappa shape index (κ2) is 4.04. The first-order chi connectivity index (χ1) is 6.20. The van der Waals surface area contributed by atoms with Crippen LogP contribution in [0.1, 0.15) is 24.0 Å². The molecule has 0 spiro atoms. The number of terminal acetylenes is 1. The predicted molar refractivity (Wildman–Crippen MR) is 48.7 cm³/mol. The summed E-state index contributed by atoms with van der Waals surface area (Å²) < 4.78 is 25.4. The van der Waals surface area contributed by atoms with Crippen LogP contribution in [0, 0.1) is 18.2 Å². The van der Waals surface area contributed by atoms with Crippen molar-refractivity contribution in [3.05, 3.63) is 35.1 Å². The lowest BCUT2D eigenvalue weighted by molar-refractivity contribution is 0.445. The molecule has 1 aromatic rings. The van der Waals surface area contributed by atoms with E-state index in [9.17, 15) is 8.78 Å². The Kier molecular flexibility index (Phi) is 3.02. The van der Waals surface area contributed by atoms with Crippen LogP contribution in [0.25, 0.3) is 0 Å². The fraction of sp³-hybridized carbons (Fsp3) is 0.273. The Hall–Kier alpha value is -1.36. The van der Waals surface area contributed by atoms with Crippen molar-refractivity contribution in [3.8, 4) is 12.3 Å². The van der Waals surface area contributed by atoms with Crippen molar-refractivity contribution in [3.63, 3.8) is 0 Å². The molecule has 0 aliphatic rings. The van der Waals surface area contributed by atoms with Crippen LogP contribution < -0.4 is 0 Å². The molecule has 0 saturated carbocycles. The average Bonchev–Trinajstić information content (AvgIpc) is 2.16. The van der Waals surface area contributed by atoms with Crippen LogP contribution in [0.4, 0.5) is 8.78 Å². The maximum Gasteiger partial charge on any atom is 0.139 e. The molecule has 1 rings (SSSR count). The fourth-order valence-electron chi connectivity index (χ4n) is 1.19. The van der Waals surface area contributed by atoms with Crippen molar-refractivity contribution in [2.75, 3.05) is 6.67 Å². The van der Waals surface area contributed by atoms with Gasteiger partial charge in [0, 0.05) is 5.92 Å². The number of benzene rings is 1. The van der Waals surface area contributed by atoms with Crippen molar-refractivity contribution in [2.45, 2.75) is 12.8 Å². The van der Waals surface area contributed by atoms with Crippen molar-refractivity contribution in [1.82, 2.24) is 0 Å². The molecule has 68 valence electrons. The molecule has 1 aromatic carbocycles. The first kappa shape index (κ1) is 9.73. The molecule has 2 heteroatoms. The summed E-state index contributed by atoms with van der Waals surface area (Å²) in [5, 5.41) is 0. The molecular weight excluding hydrogens is 170 g/mol. The number of hydrogen-bond acceptors (Lipinski definition) is 0. The highest BCUT2D eigenvalue weighted by Gasteiger charge is 2.11. The van der Waals surface area contributed by atoms with Crippen molar-refractivity contribution < 1.29 is 8.78 Å². The molecule has 0 amide bonds. The van der Waals surface area contributed by atoms with Gasteiger partial charge in [-0.3, -0.25) is 4.39 Å². The third-order valence-corrected chi connectivity index (χ3v) is 1.95. The van der Waals surface area contributed by atoms with Gasteiger partial charge in [0.1, 0.15) is 5.82 Å². The zero-order chi connectivity index (χ0) is 9.84. The Morgan fingerprint density at radius 1 is 1.54 bits per heavy atom. The second-order valence-corrected chi connectivity index (χ2v) is 2.90. The third kappa shape index (κ3) is 1.86. The Balaban J connectivity index is 3.22. The van der Waals surface area contributed by atoms with Crippen LogP contribution in [-0.2, 0) is 0 Å². The summed E-state index contributed by atoms with van der Waals surface area (Å²) >= 11 is 0. The Morgan fingerprint density at radius 2 is 2.23 bits per heavy atom. The summed E-state index contributed by atoms with van der Waals surface area (Å²) in [4.78, 5) is 0. The highest BCUT2D eigenvalue weighted by molar-refractivity contribution is 5.42. The Labute approximate surface area is 76.6 Å². The molecule has 0 fully saturated rings. The quantitative estimate of drug-likeness (QED) is 0.614. The topological polar surface area (TPSA) is 0 Å². The minimum Gasteiger partial charge on any atom is -0.250 e. The predicted octanol–water partition coefficient (Wildman–Crippen LogP) is 2.88. The minimum absolute atomic E-state index is 0.174. The zero-order valence-corrected chi connectivity index (χ0v) is 7.35. The average molecular weight is 180 g/mol. The van der Waals surface area contributed by atoms with Gasteiger partial charge in [-0.15, -0.1) is 6.42 Å². The molecule has 0 radical (unpaired) electrons. The second-order valence-electron chi connectivity index (χ2n) is 2.90. The van der Waals surface area contributed by atoms with E-state index in [1.54, 1.807) is 13.0 Å². The van der Waals surface area contributed by atoms with E-state index in [0.29, 0.717) is 5.56 Å². The lowest BCUT2D eigenvalue weighted by Gasteiger charge is -2.09. The van der Waals surface area contributed by atoms with E-state index in [1.807, 2.05) is 0 Å². The molecular formula is C11H10F2. The first-order valence-corrected chi connectivity index (χ1v) is 4.01. The van der Waals surface area contributed by atoms with Gasteiger partial charge in [-0.1, -0.05) is 25.0 Å². The third-order valence-electron chi connectivity index (χ3n) is 1.95. The highest BCUT2D eigenvalue weighted by Crippen LogP contribution is 2.21. The summed E-state index contributed by atoms with van der Waals surface area (Å²) in [5.74, 6) is 1.43. The standard InChI is InChI=1S/C11H10F2/c1-3-9-10(8(2)7-12)5-4-6-11(9)13/h1,4-6,8H,7H2,2H3. The van der Waals surface area contributed by atoms with Crippen molar-refractivity contribution in [1.29, 1.82) is 0 Å². The van der Waals surface area contributed by atoms with Crippen molar-refractivity contribution in [2.24, 2.45) is 0 Å². The lowest BCUT2D eigenvalue weighted by Crippen LogP contribution is -2.00. The van der Waals surface area contributed by atoms with E-state index in [0.717, 1.165) is 0 Å². The van der Waals surface area contributed by atoms with E-state index < -0.39 is 12.5 Å². The minimum atomic E-state index is -0.530. The van der Waals surface area contributed by atoms with Crippen LogP contribution in [0.15, 0.2) is 18.2 Å². The largest absolute Gasteiger partial charge is 0.250 e. The number of rotatable bonds is 2. The molecule has 0 aliphatic heterocycles. The molecule has 0 N–H and O–H groups in total. The summed E-state index contributed by atoms with van der Waals surface area (Å²) in [6.07, 6.45) is 5.13. The van der Waals surface area contributed by atoms with E-state index in [1.165, 1.54) is 12.1 Å². The van der Waals surface area contributed by atoms with E-state index >= 15 is 0 Å². The van der Waals surface area contributed by atoms with Gasteiger partial charge in [0.15, 0.2) is 0 Å². The van der Waals surface area contributed by atoms with Gasteiger partial charge in [0.2, 0.25) is 0 Å².